The minimum Gasteiger partial charge on any atom is -0.302 e. The lowest BCUT2D eigenvalue weighted by Crippen LogP contribution is -2.20. The quantitative estimate of drug-likeness (QED) is 0.806. The molecule has 0 spiro atoms. The van der Waals surface area contributed by atoms with Crippen molar-refractivity contribution < 1.29 is 0 Å². The molecule has 0 bridgehead atoms. The Bertz CT molecular complexity index is 572. The molecule has 0 N–H and O–H groups in total. The lowest BCUT2D eigenvalue weighted by molar-refractivity contribution is 0.331. The van der Waals surface area contributed by atoms with E-state index in [1.165, 1.54) is 11.1 Å². The van der Waals surface area contributed by atoms with Crippen LogP contribution in [0, 0.1) is 11.3 Å². The molecule has 3 heteroatoms. The second-order valence-electron chi connectivity index (χ2n) is 5.00. The fourth-order valence-electron chi connectivity index (χ4n) is 2.19. The summed E-state index contributed by atoms with van der Waals surface area (Å²) in [7, 11) is 2.12. The van der Waals surface area contributed by atoms with Gasteiger partial charge in [0.1, 0.15) is 0 Å². The summed E-state index contributed by atoms with van der Waals surface area (Å²) in [5.74, 6) is 0. The number of aromatic nitrogens is 1. The molecule has 0 saturated heterocycles. The predicted octanol–water partition coefficient (Wildman–Crippen LogP) is 2.82. The topological polar surface area (TPSA) is 39.9 Å². The number of benzene rings is 1. The van der Waals surface area contributed by atoms with Crippen LogP contribution in [0.3, 0.4) is 0 Å². The van der Waals surface area contributed by atoms with E-state index in [0.29, 0.717) is 6.42 Å². The molecule has 0 aliphatic heterocycles. The number of hydrogen-bond donors (Lipinski definition) is 0. The molecule has 0 atom stereocenters. The minimum atomic E-state index is 0.481. The molecule has 0 saturated carbocycles. The Balaban J connectivity index is 1.86. The molecule has 1 aromatic carbocycles. The average Bonchev–Trinajstić information content (AvgIpc) is 2.47. The summed E-state index contributed by atoms with van der Waals surface area (Å²) in [6.45, 7) is 1.91. The third-order valence-corrected chi connectivity index (χ3v) is 3.26. The Hall–Kier alpha value is -2.18. The average molecular weight is 265 g/mol. The molecular weight excluding hydrogens is 246 g/mol. The number of nitriles is 1. The van der Waals surface area contributed by atoms with Crippen molar-refractivity contribution in [3.8, 4) is 6.07 Å². The van der Waals surface area contributed by atoms with Crippen molar-refractivity contribution in [2.24, 2.45) is 0 Å². The Morgan fingerprint density at radius 2 is 1.85 bits per heavy atom. The van der Waals surface area contributed by atoms with Gasteiger partial charge in [0.15, 0.2) is 0 Å². The van der Waals surface area contributed by atoms with Gasteiger partial charge in [-0.3, -0.25) is 4.98 Å². The number of pyridine rings is 1. The molecule has 1 heterocycles. The molecule has 20 heavy (non-hydrogen) atoms. The fraction of sp³-hybridized carbons (Fsp3) is 0.294. The van der Waals surface area contributed by atoms with Crippen LogP contribution in [0.15, 0.2) is 48.8 Å². The van der Waals surface area contributed by atoms with E-state index in [9.17, 15) is 0 Å². The van der Waals surface area contributed by atoms with Gasteiger partial charge < -0.3 is 4.90 Å². The highest BCUT2D eigenvalue weighted by Crippen LogP contribution is 2.09. The third-order valence-electron chi connectivity index (χ3n) is 3.26. The van der Waals surface area contributed by atoms with E-state index in [4.69, 9.17) is 5.26 Å². The van der Waals surface area contributed by atoms with E-state index in [0.717, 1.165) is 25.1 Å². The number of likely N-dealkylation sites (N-methyl/N-ethyl adjacent to an activating group) is 1. The van der Waals surface area contributed by atoms with E-state index in [1.54, 1.807) is 0 Å². The molecule has 0 fully saturated rings. The number of rotatable bonds is 6. The molecule has 0 aliphatic rings. The lowest BCUT2D eigenvalue weighted by atomic mass is 10.1. The number of nitrogens with zero attached hydrogens (tertiary/aromatic N) is 3. The second kappa shape index (κ2) is 7.42. The van der Waals surface area contributed by atoms with Gasteiger partial charge in [-0.05, 0) is 42.3 Å². The number of hydrogen-bond acceptors (Lipinski definition) is 3. The van der Waals surface area contributed by atoms with Crippen molar-refractivity contribution in [3.05, 3.63) is 65.5 Å². The highest BCUT2D eigenvalue weighted by atomic mass is 15.1. The summed E-state index contributed by atoms with van der Waals surface area (Å²) in [6, 6.07) is 14.6. The van der Waals surface area contributed by atoms with Crippen LogP contribution in [0.4, 0.5) is 0 Å². The van der Waals surface area contributed by atoms with Crippen LogP contribution in [0.5, 0.6) is 0 Å². The Labute approximate surface area is 120 Å². The van der Waals surface area contributed by atoms with Crippen LogP contribution in [-0.2, 0) is 19.4 Å². The first-order chi connectivity index (χ1) is 9.78. The van der Waals surface area contributed by atoms with Crippen molar-refractivity contribution >= 4 is 0 Å². The van der Waals surface area contributed by atoms with Crippen molar-refractivity contribution in [2.75, 3.05) is 13.6 Å². The zero-order chi connectivity index (χ0) is 14.2. The van der Waals surface area contributed by atoms with Gasteiger partial charge in [-0.1, -0.05) is 24.3 Å². The monoisotopic (exact) mass is 265 g/mol. The molecule has 0 amide bonds. The molecule has 0 unspecified atom stereocenters. The maximum atomic E-state index is 8.74. The van der Waals surface area contributed by atoms with Gasteiger partial charge in [0.2, 0.25) is 0 Å². The summed E-state index contributed by atoms with van der Waals surface area (Å²) in [5, 5.41) is 8.74. The van der Waals surface area contributed by atoms with E-state index in [1.807, 2.05) is 24.5 Å². The predicted molar refractivity (Wildman–Crippen MR) is 80.0 cm³/mol. The molecule has 0 radical (unpaired) electrons. The maximum Gasteiger partial charge on any atom is 0.0669 e. The van der Waals surface area contributed by atoms with E-state index >= 15 is 0 Å². The van der Waals surface area contributed by atoms with E-state index in [-0.39, 0.29) is 0 Å². The molecule has 2 rings (SSSR count). The van der Waals surface area contributed by atoms with Crippen molar-refractivity contribution in [1.29, 1.82) is 5.26 Å². The van der Waals surface area contributed by atoms with Crippen LogP contribution < -0.4 is 0 Å². The van der Waals surface area contributed by atoms with Crippen molar-refractivity contribution in [2.45, 2.75) is 19.4 Å². The first kappa shape index (κ1) is 14.2. The summed E-state index contributed by atoms with van der Waals surface area (Å²) in [4.78, 5) is 6.32. The molecular formula is C17H19N3. The van der Waals surface area contributed by atoms with Crippen molar-refractivity contribution in [3.63, 3.8) is 0 Å². The van der Waals surface area contributed by atoms with Crippen LogP contribution in [-0.4, -0.2) is 23.5 Å². The molecule has 0 aliphatic carbocycles. The molecule has 2 aromatic rings. The van der Waals surface area contributed by atoms with Gasteiger partial charge in [-0.25, -0.2) is 0 Å². The Morgan fingerprint density at radius 1 is 1.10 bits per heavy atom. The largest absolute Gasteiger partial charge is 0.302 e. The maximum absolute atomic E-state index is 8.74. The van der Waals surface area contributed by atoms with E-state index in [2.05, 4.69) is 47.3 Å². The third kappa shape index (κ3) is 4.49. The SMILES string of the molecule is CN(CCc1ccncc1)Cc1cccc(CC#N)c1. The van der Waals surface area contributed by atoms with Gasteiger partial charge in [0.05, 0.1) is 12.5 Å². The van der Waals surface area contributed by atoms with Crippen LogP contribution in [0.1, 0.15) is 16.7 Å². The summed E-state index contributed by atoms with van der Waals surface area (Å²) >= 11 is 0. The minimum absolute atomic E-state index is 0.481. The fourth-order valence-corrected chi connectivity index (χ4v) is 2.19. The van der Waals surface area contributed by atoms with Crippen LogP contribution in [0.2, 0.25) is 0 Å². The smallest absolute Gasteiger partial charge is 0.0669 e. The highest BCUT2D eigenvalue weighted by molar-refractivity contribution is 5.25. The Kier molecular flexibility index (Phi) is 5.28. The zero-order valence-electron chi connectivity index (χ0n) is 11.8. The Morgan fingerprint density at radius 3 is 2.60 bits per heavy atom. The summed E-state index contributed by atoms with van der Waals surface area (Å²) in [5.41, 5.74) is 3.66. The molecule has 3 nitrogen and oxygen atoms in total. The highest BCUT2D eigenvalue weighted by Gasteiger charge is 2.02. The first-order valence-electron chi connectivity index (χ1n) is 6.80. The van der Waals surface area contributed by atoms with Crippen LogP contribution >= 0.6 is 0 Å². The van der Waals surface area contributed by atoms with Gasteiger partial charge >= 0.3 is 0 Å². The van der Waals surface area contributed by atoms with Crippen LogP contribution in [0.25, 0.3) is 0 Å². The van der Waals surface area contributed by atoms with Gasteiger partial charge in [0, 0.05) is 25.5 Å². The second-order valence-corrected chi connectivity index (χ2v) is 5.00. The standard InChI is InChI=1S/C17H19N3/c1-20(12-8-15-6-10-19-11-7-15)14-17-4-2-3-16(13-17)5-9-18/h2-4,6-7,10-11,13H,5,8,12,14H2,1H3. The molecule has 1 aromatic heterocycles. The lowest BCUT2D eigenvalue weighted by Gasteiger charge is -2.17. The molecule has 102 valence electrons. The van der Waals surface area contributed by atoms with Gasteiger partial charge in [-0.2, -0.15) is 5.26 Å². The zero-order valence-corrected chi connectivity index (χ0v) is 11.8. The normalized spacial score (nSPS) is 10.4. The van der Waals surface area contributed by atoms with Gasteiger partial charge in [0.25, 0.3) is 0 Å². The summed E-state index contributed by atoms with van der Waals surface area (Å²) in [6.07, 6.45) is 5.17. The van der Waals surface area contributed by atoms with Crippen molar-refractivity contribution in [1.82, 2.24) is 9.88 Å². The van der Waals surface area contributed by atoms with Gasteiger partial charge in [-0.15, -0.1) is 0 Å². The summed E-state index contributed by atoms with van der Waals surface area (Å²) < 4.78 is 0. The first-order valence-corrected chi connectivity index (χ1v) is 6.80. The van der Waals surface area contributed by atoms with E-state index < -0.39 is 0 Å².